The molecule has 2 atom stereocenters. The van der Waals surface area contributed by atoms with Gasteiger partial charge in [0.1, 0.15) is 12.7 Å². The molecule has 0 aliphatic heterocycles. The van der Waals surface area contributed by atoms with Crippen LogP contribution in [0.4, 0.5) is 0 Å². The molecule has 2 unspecified atom stereocenters. The van der Waals surface area contributed by atoms with E-state index >= 15 is 0 Å². The van der Waals surface area contributed by atoms with Crippen LogP contribution in [-0.4, -0.2) is 51.9 Å². The third-order valence-corrected chi connectivity index (χ3v) is 5.83. The number of aliphatic hydroxyl groups excluding tert-OH is 2. The van der Waals surface area contributed by atoms with Crippen LogP contribution in [0.2, 0.25) is 0 Å². The maximum absolute atomic E-state index is 8.56. The molecule has 10 heteroatoms. The van der Waals surface area contributed by atoms with Crippen molar-refractivity contribution in [2.45, 2.75) is 47.3 Å². The standard InChI is InChI=1S/C14H11N3.C14H10N3.C5H12O2.2CH4.2Ir/c2*1-3-7-12(8-4-1)14-16-15-11-17(14)13-9-5-2-6-10-13;1-4(6)3-5(2)7;;;;/h1-11H;1-7,9-11H;4-7H,3H2,1-2H3;2*1H4;;/q;-1;;;;;. The van der Waals surface area contributed by atoms with Gasteiger partial charge in [-0.3, -0.25) is 4.57 Å². The van der Waals surface area contributed by atoms with Crippen molar-refractivity contribution in [1.82, 2.24) is 29.5 Å². The zero-order chi connectivity index (χ0) is 28.9. The van der Waals surface area contributed by atoms with Crippen molar-refractivity contribution in [3.63, 3.8) is 0 Å². The number of rotatable bonds is 6. The maximum Gasteiger partial charge on any atom is 0.168 e. The quantitative estimate of drug-likeness (QED) is 0.173. The van der Waals surface area contributed by atoms with Gasteiger partial charge in [-0.05, 0) is 44.5 Å². The van der Waals surface area contributed by atoms with E-state index in [0.717, 1.165) is 34.2 Å². The number of benzene rings is 4. The first kappa shape index (κ1) is 41.4. The van der Waals surface area contributed by atoms with Gasteiger partial charge in [-0.1, -0.05) is 81.6 Å². The second-order valence-corrected chi connectivity index (χ2v) is 9.30. The summed E-state index contributed by atoms with van der Waals surface area (Å²) in [5, 5.41) is 33.4. The predicted octanol–water partition coefficient (Wildman–Crippen LogP) is 7.07. The Hall–Kier alpha value is -3.62. The van der Waals surface area contributed by atoms with E-state index in [4.69, 9.17) is 10.2 Å². The zero-order valence-electron chi connectivity index (χ0n) is 23.7. The van der Waals surface area contributed by atoms with Crippen LogP contribution in [0.15, 0.2) is 128 Å². The van der Waals surface area contributed by atoms with Gasteiger partial charge in [0.2, 0.25) is 0 Å². The SMILES string of the molecule is C.C.CC(O)CC(C)O.[Ir].[Ir].[c-]1ccccc1-c1nncn1-c1ccccc1.c1ccc(-c2nncn2-c2ccccc2)cc1. The minimum absolute atomic E-state index is 0. The number of hydrogen-bond acceptors (Lipinski definition) is 6. The first-order chi connectivity index (χ1) is 20.0. The van der Waals surface area contributed by atoms with Gasteiger partial charge in [-0.25, -0.2) is 0 Å². The van der Waals surface area contributed by atoms with Crippen LogP contribution in [0.1, 0.15) is 35.1 Å². The topological polar surface area (TPSA) is 102 Å². The summed E-state index contributed by atoms with van der Waals surface area (Å²) >= 11 is 0. The number of hydrogen-bond donors (Lipinski definition) is 2. The molecule has 0 saturated heterocycles. The van der Waals surface area contributed by atoms with Crippen molar-refractivity contribution < 1.29 is 50.4 Å². The molecule has 4 aromatic carbocycles. The maximum atomic E-state index is 8.56. The fourth-order valence-corrected chi connectivity index (χ4v) is 4.02. The van der Waals surface area contributed by atoms with Gasteiger partial charge in [0.15, 0.2) is 5.82 Å². The van der Waals surface area contributed by atoms with E-state index in [1.807, 2.05) is 124 Å². The van der Waals surface area contributed by atoms with Crippen molar-refractivity contribution in [2.24, 2.45) is 0 Å². The number of aliphatic hydroxyl groups is 2. The van der Waals surface area contributed by atoms with Crippen molar-refractivity contribution in [3.8, 4) is 34.2 Å². The van der Waals surface area contributed by atoms with E-state index in [1.54, 1.807) is 26.5 Å². The normalized spacial score (nSPS) is 10.8. The van der Waals surface area contributed by atoms with Crippen LogP contribution < -0.4 is 0 Å². The second-order valence-electron chi connectivity index (χ2n) is 9.30. The molecule has 6 rings (SSSR count). The van der Waals surface area contributed by atoms with Gasteiger partial charge < -0.3 is 14.8 Å². The van der Waals surface area contributed by atoms with Crippen LogP contribution in [0.25, 0.3) is 34.2 Å². The third kappa shape index (κ3) is 12.7. The summed E-state index contributed by atoms with van der Waals surface area (Å²) in [6.45, 7) is 3.32. The largest absolute Gasteiger partial charge is 0.393 e. The van der Waals surface area contributed by atoms with Crippen molar-refractivity contribution >= 4 is 0 Å². The van der Waals surface area contributed by atoms with Crippen LogP contribution >= 0.6 is 0 Å². The van der Waals surface area contributed by atoms with Crippen LogP contribution in [0.3, 0.4) is 0 Å². The smallest absolute Gasteiger partial charge is 0.168 e. The van der Waals surface area contributed by atoms with Crippen LogP contribution in [0.5, 0.6) is 0 Å². The van der Waals surface area contributed by atoms with E-state index in [0.29, 0.717) is 6.42 Å². The minimum atomic E-state index is -0.375. The van der Waals surface area contributed by atoms with Gasteiger partial charge in [-0.2, -0.15) is 5.10 Å². The number of aromatic nitrogens is 6. The summed E-state index contributed by atoms with van der Waals surface area (Å²) in [7, 11) is 0. The second kappa shape index (κ2) is 22.0. The summed E-state index contributed by atoms with van der Waals surface area (Å²) in [6.07, 6.45) is 3.17. The van der Waals surface area contributed by atoms with Crippen molar-refractivity contribution in [2.75, 3.05) is 0 Å². The molecule has 6 aromatic rings. The molecule has 2 N–H and O–H groups in total. The first-order valence-electron chi connectivity index (χ1n) is 13.3. The van der Waals surface area contributed by atoms with E-state index in [2.05, 4.69) is 26.5 Å². The summed E-state index contributed by atoms with van der Waals surface area (Å²) in [5.74, 6) is 1.66. The fraction of sp³-hybridized carbons (Fsp3) is 0.200. The number of nitrogens with zero attached hydrogens (tertiary/aromatic N) is 6. The molecule has 45 heavy (non-hydrogen) atoms. The van der Waals surface area contributed by atoms with Gasteiger partial charge in [0.05, 0.1) is 18.0 Å². The molecule has 2 aromatic heterocycles. The molecule has 0 bridgehead atoms. The molecular weight excluding hydrogens is 921 g/mol. The molecule has 2 radical (unpaired) electrons. The Balaban J connectivity index is 0.000000667. The van der Waals surface area contributed by atoms with Gasteiger partial charge in [0.25, 0.3) is 0 Å². The molecule has 8 nitrogen and oxygen atoms in total. The van der Waals surface area contributed by atoms with Gasteiger partial charge in [0, 0.05) is 57.1 Å². The molecular formula is C35H41Ir2N6O2-. The molecule has 0 spiro atoms. The Morgan fingerprint density at radius 1 is 0.600 bits per heavy atom. The Morgan fingerprint density at radius 2 is 1.02 bits per heavy atom. The summed E-state index contributed by atoms with van der Waals surface area (Å²) < 4.78 is 3.93. The van der Waals surface area contributed by atoms with E-state index in [-0.39, 0.29) is 67.3 Å². The summed E-state index contributed by atoms with van der Waals surface area (Å²) in [5.41, 5.74) is 4.11. The Labute approximate surface area is 293 Å². The zero-order valence-corrected chi connectivity index (χ0v) is 28.5. The molecule has 0 fully saturated rings. The van der Waals surface area contributed by atoms with Crippen molar-refractivity contribution in [3.05, 3.63) is 134 Å². The van der Waals surface area contributed by atoms with E-state index in [1.165, 1.54) is 0 Å². The molecule has 0 saturated carbocycles. The minimum Gasteiger partial charge on any atom is -0.393 e. The fourth-order valence-electron chi connectivity index (χ4n) is 4.02. The Bertz CT molecular complexity index is 1340. The van der Waals surface area contributed by atoms with E-state index in [9.17, 15) is 0 Å². The first-order valence-corrected chi connectivity index (χ1v) is 13.3. The monoisotopic (exact) mass is 963 g/mol. The van der Waals surface area contributed by atoms with Crippen molar-refractivity contribution in [1.29, 1.82) is 0 Å². The average molecular weight is 962 g/mol. The van der Waals surface area contributed by atoms with Gasteiger partial charge in [-0.15, -0.1) is 51.2 Å². The number of para-hydroxylation sites is 2. The summed E-state index contributed by atoms with van der Waals surface area (Å²) in [4.78, 5) is 0. The Morgan fingerprint density at radius 3 is 1.44 bits per heavy atom. The van der Waals surface area contributed by atoms with Gasteiger partial charge >= 0.3 is 0 Å². The molecule has 0 aliphatic rings. The van der Waals surface area contributed by atoms with Crippen LogP contribution in [0, 0.1) is 6.07 Å². The Kier molecular flexibility index (Phi) is 20.2. The predicted molar refractivity (Wildman–Crippen MR) is 174 cm³/mol. The molecule has 0 aliphatic carbocycles. The average Bonchev–Trinajstić information content (AvgIpc) is 3.70. The third-order valence-electron chi connectivity index (χ3n) is 5.83. The molecule has 242 valence electrons. The van der Waals surface area contributed by atoms with E-state index < -0.39 is 0 Å². The molecule has 2 heterocycles. The summed E-state index contributed by atoms with van der Waals surface area (Å²) in [6, 6.07) is 41.1. The van der Waals surface area contributed by atoms with Crippen LogP contribution in [-0.2, 0) is 40.2 Å². The molecule has 0 amide bonds.